The lowest BCUT2D eigenvalue weighted by Crippen LogP contribution is -2.38. The smallest absolute Gasteiger partial charge is 0.251 e. The SMILES string of the molecule is CC1CCCN(Sc2ccc(Br)cc2)C1.O=CN1CCC(F)(F)CC1. The van der Waals surface area contributed by atoms with Gasteiger partial charge in [-0.25, -0.2) is 13.1 Å². The average molecular weight is 435 g/mol. The summed E-state index contributed by atoms with van der Waals surface area (Å²) in [5.41, 5.74) is 0. The van der Waals surface area contributed by atoms with Crippen LogP contribution in [0.15, 0.2) is 33.6 Å². The first-order chi connectivity index (χ1) is 11.9. The van der Waals surface area contributed by atoms with E-state index in [0.717, 1.165) is 10.4 Å². The van der Waals surface area contributed by atoms with Crippen LogP contribution < -0.4 is 0 Å². The molecule has 1 aromatic rings. The summed E-state index contributed by atoms with van der Waals surface area (Å²) in [5, 5.41) is 0. The highest BCUT2D eigenvalue weighted by Crippen LogP contribution is 2.29. The number of hydrogen-bond acceptors (Lipinski definition) is 3. The predicted molar refractivity (Wildman–Crippen MR) is 102 cm³/mol. The summed E-state index contributed by atoms with van der Waals surface area (Å²) in [5.74, 6) is -1.69. The van der Waals surface area contributed by atoms with Crippen LogP contribution >= 0.6 is 27.9 Å². The van der Waals surface area contributed by atoms with E-state index in [4.69, 9.17) is 0 Å². The van der Waals surface area contributed by atoms with E-state index in [9.17, 15) is 13.6 Å². The number of hydrogen-bond donors (Lipinski definition) is 0. The van der Waals surface area contributed by atoms with Crippen LogP contribution in [0.1, 0.15) is 32.6 Å². The second kappa shape index (κ2) is 9.88. The molecule has 1 amide bonds. The minimum atomic E-state index is -2.54. The molecule has 7 heteroatoms. The first-order valence-electron chi connectivity index (χ1n) is 8.63. The van der Waals surface area contributed by atoms with Crippen molar-refractivity contribution >= 4 is 34.3 Å². The van der Waals surface area contributed by atoms with Crippen molar-refractivity contribution in [3.8, 4) is 0 Å². The molecule has 2 heterocycles. The van der Waals surface area contributed by atoms with Gasteiger partial charge in [-0.1, -0.05) is 22.9 Å². The zero-order valence-corrected chi connectivity index (χ0v) is 16.9. The Morgan fingerprint density at radius 1 is 1.20 bits per heavy atom. The summed E-state index contributed by atoms with van der Waals surface area (Å²) in [4.78, 5) is 12.8. The van der Waals surface area contributed by atoms with Crippen molar-refractivity contribution < 1.29 is 13.6 Å². The molecule has 0 spiro atoms. The van der Waals surface area contributed by atoms with Crippen LogP contribution in [-0.4, -0.2) is 47.7 Å². The van der Waals surface area contributed by atoms with Gasteiger partial charge in [0.25, 0.3) is 5.92 Å². The van der Waals surface area contributed by atoms with Crippen molar-refractivity contribution in [1.29, 1.82) is 0 Å². The Morgan fingerprint density at radius 2 is 1.84 bits per heavy atom. The summed E-state index contributed by atoms with van der Waals surface area (Å²) in [6.07, 6.45) is 2.97. The van der Waals surface area contributed by atoms with Gasteiger partial charge in [0.2, 0.25) is 6.41 Å². The highest BCUT2D eigenvalue weighted by molar-refractivity contribution is 9.10. The lowest BCUT2D eigenvalue weighted by molar-refractivity contribution is -0.124. The van der Waals surface area contributed by atoms with Gasteiger partial charge in [-0.05, 0) is 55.0 Å². The van der Waals surface area contributed by atoms with Crippen molar-refractivity contribution in [2.75, 3.05) is 26.2 Å². The van der Waals surface area contributed by atoms with Crippen LogP contribution in [0.2, 0.25) is 0 Å². The van der Waals surface area contributed by atoms with E-state index >= 15 is 0 Å². The molecule has 0 bridgehead atoms. The average Bonchev–Trinajstić information content (AvgIpc) is 2.58. The number of alkyl halides is 2. The first kappa shape index (κ1) is 20.6. The van der Waals surface area contributed by atoms with E-state index in [-0.39, 0.29) is 25.9 Å². The lowest BCUT2D eigenvalue weighted by Gasteiger charge is -2.29. The predicted octanol–water partition coefficient (Wildman–Crippen LogP) is 5.06. The van der Waals surface area contributed by atoms with Crippen molar-refractivity contribution in [1.82, 2.24) is 9.21 Å². The Hall–Kier alpha value is -0.660. The quantitative estimate of drug-likeness (QED) is 0.490. The molecule has 3 rings (SSSR count). The van der Waals surface area contributed by atoms with Crippen molar-refractivity contribution in [2.24, 2.45) is 5.92 Å². The minimum absolute atomic E-state index is 0.189. The summed E-state index contributed by atoms with van der Waals surface area (Å²) < 4.78 is 28.4. The second-order valence-corrected chi connectivity index (χ2v) is 8.76. The van der Waals surface area contributed by atoms with Crippen LogP contribution in [0.4, 0.5) is 8.78 Å². The lowest BCUT2D eigenvalue weighted by atomic mass is 10.0. The van der Waals surface area contributed by atoms with Gasteiger partial charge in [0.05, 0.1) is 0 Å². The monoisotopic (exact) mass is 434 g/mol. The van der Waals surface area contributed by atoms with E-state index in [1.54, 1.807) is 0 Å². The number of halogens is 3. The maximum absolute atomic E-state index is 12.4. The number of carbonyl (C=O) groups excluding carboxylic acids is 1. The molecule has 0 radical (unpaired) electrons. The summed E-state index contributed by atoms with van der Waals surface area (Å²) >= 11 is 5.35. The molecular formula is C18H25BrF2N2OS. The number of benzene rings is 1. The molecular weight excluding hydrogens is 410 g/mol. The highest BCUT2D eigenvalue weighted by atomic mass is 79.9. The molecule has 2 saturated heterocycles. The van der Waals surface area contributed by atoms with Crippen LogP contribution in [0.3, 0.4) is 0 Å². The van der Waals surface area contributed by atoms with Gasteiger partial charge in [0.15, 0.2) is 0 Å². The summed E-state index contributed by atoms with van der Waals surface area (Å²) in [6, 6.07) is 8.56. The topological polar surface area (TPSA) is 23.6 Å². The molecule has 3 nitrogen and oxygen atoms in total. The molecule has 2 aliphatic rings. The molecule has 1 unspecified atom stereocenters. The first-order valence-corrected chi connectivity index (χ1v) is 10.2. The number of carbonyl (C=O) groups is 1. The Labute approximate surface area is 161 Å². The third kappa shape index (κ3) is 7.62. The van der Waals surface area contributed by atoms with Crippen molar-refractivity contribution in [2.45, 2.75) is 43.4 Å². The normalized spacial score (nSPS) is 23.5. The van der Waals surface area contributed by atoms with Crippen LogP contribution in [-0.2, 0) is 4.79 Å². The highest BCUT2D eigenvalue weighted by Gasteiger charge is 2.33. The standard InChI is InChI=1S/C12H16BrNS.C6H9F2NO/c1-10-3-2-8-14(9-10)15-12-6-4-11(13)5-7-12;7-6(8)1-3-9(5-10)4-2-6/h4-7,10H,2-3,8-9H2,1H3;5H,1-4H2. The zero-order chi connectivity index (χ0) is 18.3. The Kier molecular flexibility index (Phi) is 8.16. The fraction of sp³-hybridized carbons (Fsp3) is 0.611. The van der Waals surface area contributed by atoms with Crippen molar-refractivity contribution in [3.05, 3.63) is 28.7 Å². The molecule has 1 atom stereocenters. The molecule has 25 heavy (non-hydrogen) atoms. The third-order valence-electron chi connectivity index (χ3n) is 4.35. The number of rotatable bonds is 3. The van der Waals surface area contributed by atoms with E-state index in [0.29, 0.717) is 6.41 Å². The zero-order valence-electron chi connectivity index (χ0n) is 14.5. The van der Waals surface area contributed by atoms with Crippen LogP contribution in [0.25, 0.3) is 0 Å². The van der Waals surface area contributed by atoms with Crippen molar-refractivity contribution in [3.63, 3.8) is 0 Å². The number of nitrogens with zero attached hydrogens (tertiary/aromatic N) is 2. The van der Waals surface area contributed by atoms with Crippen LogP contribution in [0, 0.1) is 5.92 Å². The van der Waals surface area contributed by atoms with E-state index in [1.807, 2.05) is 11.9 Å². The van der Waals surface area contributed by atoms with Crippen LogP contribution in [0.5, 0.6) is 0 Å². The molecule has 0 saturated carbocycles. The largest absolute Gasteiger partial charge is 0.345 e. The van der Waals surface area contributed by atoms with E-state index < -0.39 is 5.92 Å². The van der Waals surface area contributed by atoms with Gasteiger partial charge in [0, 0.05) is 48.4 Å². The molecule has 140 valence electrons. The van der Waals surface area contributed by atoms with Gasteiger partial charge < -0.3 is 4.90 Å². The van der Waals surface area contributed by atoms with Gasteiger partial charge in [0.1, 0.15) is 0 Å². The Morgan fingerprint density at radius 3 is 2.40 bits per heavy atom. The molecule has 0 N–H and O–H groups in total. The molecule has 2 fully saturated rings. The third-order valence-corrected chi connectivity index (χ3v) is 5.95. The number of amides is 1. The van der Waals surface area contributed by atoms with Gasteiger partial charge in [-0.2, -0.15) is 0 Å². The number of piperidine rings is 2. The fourth-order valence-corrected chi connectivity index (χ4v) is 4.20. The van der Waals surface area contributed by atoms with E-state index in [2.05, 4.69) is 51.4 Å². The van der Waals surface area contributed by atoms with Gasteiger partial charge in [-0.15, -0.1) is 0 Å². The molecule has 2 aliphatic heterocycles. The molecule has 0 aliphatic carbocycles. The minimum Gasteiger partial charge on any atom is -0.345 e. The van der Waals surface area contributed by atoms with Gasteiger partial charge in [-0.3, -0.25) is 4.79 Å². The maximum atomic E-state index is 12.4. The summed E-state index contributed by atoms with van der Waals surface area (Å²) in [7, 11) is 0. The fourth-order valence-electron chi connectivity index (χ4n) is 2.83. The molecule has 0 aromatic heterocycles. The van der Waals surface area contributed by atoms with Gasteiger partial charge >= 0.3 is 0 Å². The van der Waals surface area contributed by atoms with E-state index in [1.165, 1.54) is 35.7 Å². The number of likely N-dealkylation sites (tertiary alicyclic amines) is 1. The summed E-state index contributed by atoms with van der Waals surface area (Å²) in [6.45, 7) is 5.17. The molecule has 1 aromatic carbocycles. The Bertz CT molecular complexity index is 534. The second-order valence-electron chi connectivity index (χ2n) is 6.68. The Balaban J connectivity index is 0.000000196. The maximum Gasteiger partial charge on any atom is 0.251 e.